The summed E-state index contributed by atoms with van der Waals surface area (Å²) in [6.07, 6.45) is 0.0219. The molecule has 0 aliphatic rings. The maximum Gasteiger partial charge on any atom is 0.250 e. The van der Waals surface area contributed by atoms with Crippen molar-refractivity contribution in [3.8, 4) is 0 Å². The fourth-order valence-electron chi connectivity index (χ4n) is 1.27. The zero-order valence-electron chi connectivity index (χ0n) is 10.8. The summed E-state index contributed by atoms with van der Waals surface area (Å²) in [7, 11) is -3.52. The lowest BCUT2D eigenvalue weighted by Gasteiger charge is -2.23. The first kappa shape index (κ1) is 16.1. The lowest BCUT2D eigenvalue weighted by Crippen LogP contribution is -2.47. The number of thiophene rings is 1. The second-order valence-electron chi connectivity index (χ2n) is 4.67. The van der Waals surface area contributed by atoms with E-state index in [0.29, 0.717) is 0 Å². The van der Waals surface area contributed by atoms with E-state index in [2.05, 4.69) is 10.0 Å². The van der Waals surface area contributed by atoms with Crippen molar-refractivity contribution in [1.29, 1.82) is 0 Å². The Bertz CT molecular complexity index is 509. The third kappa shape index (κ3) is 5.27. The van der Waals surface area contributed by atoms with Crippen LogP contribution in [0, 0.1) is 0 Å². The van der Waals surface area contributed by atoms with Crippen LogP contribution in [0.1, 0.15) is 20.3 Å². The van der Waals surface area contributed by atoms with Gasteiger partial charge in [0.15, 0.2) is 0 Å². The topological polar surface area (TPSA) is 95.5 Å². The molecule has 19 heavy (non-hydrogen) atoms. The van der Waals surface area contributed by atoms with Crippen molar-refractivity contribution < 1.29 is 18.3 Å². The Morgan fingerprint density at radius 2 is 2.16 bits per heavy atom. The van der Waals surface area contributed by atoms with Crippen LogP contribution in [0.2, 0.25) is 0 Å². The monoisotopic (exact) mass is 306 g/mol. The first-order valence-corrected chi connectivity index (χ1v) is 8.08. The molecule has 0 bridgehead atoms. The van der Waals surface area contributed by atoms with Gasteiger partial charge < -0.3 is 10.4 Å². The van der Waals surface area contributed by atoms with Crippen molar-refractivity contribution in [2.75, 3.05) is 13.2 Å². The van der Waals surface area contributed by atoms with E-state index in [9.17, 15) is 13.2 Å². The van der Waals surface area contributed by atoms with E-state index in [4.69, 9.17) is 5.11 Å². The molecule has 0 unspecified atom stereocenters. The predicted octanol–water partition coefficient (Wildman–Crippen LogP) is 0.304. The third-order valence-electron chi connectivity index (χ3n) is 2.28. The Kier molecular flexibility index (Phi) is 5.48. The molecule has 0 aliphatic carbocycles. The van der Waals surface area contributed by atoms with Gasteiger partial charge in [-0.15, -0.1) is 11.3 Å². The number of carbonyl (C=O) groups is 1. The maximum absolute atomic E-state index is 11.7. The molecule has 1 rings (SSSR count). The first-order chi connectivity index (χ1) is 8.77. The van der Waals surface area contributed by atoms with Crippen LogP contribution in [0.5, 0.6) is 0 Å². The molecule has 0 aromatic carbocycles. The van der Waals surface area contributed by atoms with E-state index in [1.807, 2.05) is 0 Å². The molecule has 1 heterocycles. The molecule has 6 nitrogen and oxygen atoms in total. The number of rotatable bonds is 7. The number of hydrogen-bond acceptors (Lipinski definition) is 5. The molecule has 0 saturated carbocycles. The number of carbonyl (C=O) groups excluding carboxylic acids is 1. The second-order valence-corrected chi connectivity index (χ2v) is 7.61. The van der Waals surface area contributed by atoms with Crippen molar-refractivity contribution in [3.63, 3.8) is 0 Å². The molecule has 0 spiro atoms. The Hall–Kier alpha value is -0.960. The van der Waals surface area contributed by atoms with Gasteiger partial charge in [0.25, 0.3) is 0 Å². The van der Waals surface area contributed by atoms with E-state index in [0.717, 1.165) is 11.3 Å². The summed E-state index contributed by atoms with van der Waals surface area (Å²) in [5.41, 5.74) is -0.705. The van der Waals surface area contributed by atoms with Crippen LogP contribution in [0.3, 0.4) is 0 Å². The Labute approximate surface area is 116 Å². The van der Waals surface area contributed by atoms with Gasteiger partial charge >= 0.3 is 0 Å². The van der Waals surface area contributed by atoms with E-state index in [1.54, 1.807) is 25.3 Å². The van der Waals surface area contributed by atoms with Gasteiger partial charge in [0, 0.05) is 13.0 Å². The van der Waals surface area contributed by atoms with Gasteiger partial charge in [0.2, 0.25) is 15.9 Å². The molecule has 0 atom stereocenters. The standard InChI is InChI=1S/C11H18N2O4S2/c1-11(2,8-14)13-9(15)5-6-12-19(16,17)10-4-3-7-18-10/h3-4,7,12,14H,5-6,8H2,1-2H3,(H,13,15). The molecular weight excluding hydrogens is 288 g/mol. The molecule has 0 radical (unpaired) electrons. The van der Waals surface area contributed by atoms with Crippen LogP contribution >= 0.6 is 11.3 Å². The molecule has 1 aromatic heterocycles. The zero-order chi connectivity index (χ0) is 14.5. The highest BCUT2D eigenvalue weighted by molar-refractivity contribution is 7.91. The third-order valence-corrected chi connectivity index (χ3v) is 5.14. The Morgan fingerprint density at radius 3 is 2.68 bits per heavy atom. The van der Waals surface area contributed by atoms with Crippen molar-refractivity contribution in [3.05, 3.63) is 17.5 Å². The zero-order valence-corrected chi connectivity index (χ0v) is 12.5. The van der Waals surface area contributed by atoms with Crippen LogP contribution in [-0.2, 0) is 14.8 Å². The minimum atomic E-state index is -3.52. The number of sulfonamides is 1. The number of aliphatic hydroxyl groups excluding tert-OH is 1. The minimum absolute atomic E-state index is 0.0214. The molecule has 1 aromatic rings. The van der Waals surface area contributed by atoms with Crippen LogP contribution in [0.4, 0.5) is 0 Å². The molecule has 3 N–H and O–H groups in total. The lowest BCUT2D eigenvalue weighted by atomic mass is 10.1. The molecule has 108 valence electrons. The highest BCUT2D eigenvalue weighted by Gasteiger charge is 2.20. The Balaban J connectivity index is 2.41. The Morgan fingerprint density at radius 1 is 1.47 bits per heavy atom. The summed E-state index contributed by atoms with van der Waals surface area (Å²) in [6, 6.07) is 3.15. The van der Waals surface area contributed by atoms with Crippen molar-refractivity contribution in [2.24, 2.45) is 0 Å². The highest BCUT2D eigenvalue weighted by Crippen LogP contribution is 2.14. The van der Waals surface area contributed by atoms with Gasteiger partial charge in [0.1, 0.15) is 4.21 Å². The van der Waals surface area contributed by atoms with E-state index >= 15 is 0 Å². The summed E-state index contributed by atoms with van der Waals surface area (Å²) in [4.78, 5) is 11.5. The highest BCUT2D eigenvalue weighted by atomic mass is 32.2. The average molecular weight is 306 g/mol. The van der Waals surface area contributed by atoms with Crippen molar-refractivity contribution in [1.82, 2.24) is 10.0 Å². The van der Waals surface area contributed by atoms with Crippen LogP contribution in [-0.4, -0.2) is 38.1 Å². The molecule has 8 heteroatoms. The molecule has 0 saturated heterocycles. The van der Waals surface area contributed by atoms with Crippen LogP contribution in [0.25, 0.3) is 0 Å². The number of aliphatic hydroxyl groups is 1. The SMILES string of the molecule is CC(C)(CO)NC(=O)CCNS(=O)(=O)c1cccs1. The lowest BCUT2D eigenvalue weighted by molar-refractivity contribution is -0.123. The van der Waals surface area contributed by atoms with Gasteiger partial charge in [-0.2, -0.15) is 0 Å². The fourth-order valence-corrected chi connectivity index (χ4v) is 3.34. The summed E-state index contributed by atoms with van der Waals surface area (Å²) >= 11 is 1.12. The minimum Gasteiger partial charge on any atom is -0.394 e. The number of nitrogens with one attached hydrogen (secondary N) is 2. The van der Waals surface area contributed by atoms with Gasteiger partial charge in [-0.3, -0.25) is 4.79 Å². The maximum atomic E-state index is 11.7. The van der Waals surface area contributed by atoms with Gasteiger partial charge in [-0.1, -0.05) is 6.07 Å². The predicted molar refractivity (Wildman–Crippen MR) is 73.4 cm³/mol. The average Bonchev–Trinajstić information content (AvgIpc) is 2.82. The van der Waals surface area contributed by atoms with Crippen LogP contribution in [0.15, 0.2) is 21.7 Å². The van der Waals surface area contributed by atoms with Gasteiger partial charge in [0.05, 0.1) is 12.1 Å². The number of amides is 1. The van der Waals surface area contributed by atoms with E-state index in [-0.39, 0.29) is 29.7 Å². The molecule has 0 aliphatic heterocycles. The fraction of sp³-hybridized carbons (Fsp3) is 0.545. The van der Waals surface area contributed by atoms with Gasteiger partial charge in [-0.05, 0) is 25.3 Å². The second kappa shape index (κ2) is 6.47. The smallest absolute Gasteiger partial charge is 0.250 e. The van der Waals surface area contributed by atoms with Gasteiger partial charge in [-0.25, -0.2) is 13.1 Å². The molecule has 0 fully saturated rings. The van der Waals surface area contributed by atoms with Crippen molar-refractivity contribution in [2.45, 2.75) is 30.0 Å². The quantitative estimate of drug-likeness (QED) is 0.675. The molecular formula is C11H18N2O4S2. The van der Waals surface area contributed by atoms with E-state index in [1.165, 1.54) is 6.07 Å². The summed E-state index contributed by atoms with van der Waals surface area (Å²) in [5.74, 6) is -0.312. The first-order valence-electron chi connectivity index (χ1n) is 5.72. The largest absolute Gasteiger partial charge is 0.394 e. The number of hydrogen-bond donors (Lipinski definition) is 3. The summed E-state index contributed by atoms with van der Waals surface area (Å²) in [6.45, 7) is 3.20. The van der Waals surface area contributed by atoms with E-state index < -0.39 is 15.6 Å². The molecule has 1 amide bonds. The van der Waals surface area contributed by atoms with Crippen molar-refractivity contribution >= 4 is 27.3 Å². The summed E-state index contributed by atoms with van der Waals surface area (Å²) < 4.78 is 26.1. The summed E-state index contributed by atoms with van der Waals surface area (Å²) in [5, 5.41) is 13.3. The van der Waals surface area contributed by atoms with Crippen LogP contribution < -0.4 is 10.0 Å². The normalized spacial score (nSPS) is 12.4.